The molecule has 0 aliphatic carbocycles. The summed E-state index contributed by atoms with van der Waals surface area (Å²) in [7, 11) is 0. The molecule has 0 spiro atoms. The molecular formula is C19H21N5OS. The average molecular weight is 367 g/mol. The van der Waals surface area contributed by atoms with E-state index < -0.39 is 0 Å². The van der Waals surface area contributed by atoms with Gasteiger partial charge >= 0.3 is 0 Å². The Hall–Kier alpha value is -2.41. The molecule has 6 nitrogen and oxygen atoms in total. The zero-order chi connectivity index (χ0) is 17.5. The molecule has 134 valence electrons. The lowest BCUT2D eigenvalue weighted by Gasteiger charge is -2.36. The van der Waals surface area contributed by atoms with E-state index in [0.717, 1.165) is 56.8 Å². The highest BCUT2D eigenvalue weighted by molar-refractivity contribution is 7.10. The van der Waals surface area contributed by atoms with Crippen LogP contribution in [0.3, 0.4) is 0 Å². The number of carbonyl (C=O) groups excluding carboxylic acids is 1. The van der Waals surface area contributed by atoms with Crippen LogP contribution in [0, 0.1) is 5.92 Å². The van der Waals surface area contributed by atoms with Gasteiger partial charge in [-0.2, -0.15) is 5.10 Å². The van der Waals surface area contributed by atoms with E-state index in [1.807, 2.05) is 28.1 Å². The average Bonchev–Trinajstić information content (AvgIpc) is 3.35. The lowest BCUT2D eigenvalue weighted by atomic mass is 9.95. The summed E-state index contributed by atoms with van der Waals surface area (Å²) in [5.41, 5.74) is 2.33. The van der Waals surface area contributed by atoms with E-state index in [1.165, 1.54) is 10.4 Å². The van der Waals surface area contributed by atoms with Crippen molar-refractivity contribution in [1.29, 1.82) is 0 Å². The highest BCUT2D eigenvalue weighted by atomic mass is 32.1. The largest absolute Gasteiger partial charge is 0.354 e. The second kappa shape index (κ2) is 6.39. The van der Waals surface area contributed by atoms with Crippen LogP contribution in [0.5, 0.6) is 0 Å². The molecule has 3 aromatic heterocycles. The number of hydrogen-bond acceptors (Lipinski definition) is 5. The van der Waals surface area contributed by atoms with E-state index in [-0.39, 0.29) is 5.92 Å². The van der Waals surface area contributed by atoms with Crippen LogP contribution in [-0.4, -0.2) is 45.0 Å². The van der Waals surface area contributed by atoms with Crippen molar-refractivity contribution in [3.05, 3.63) is 46.5 Å². The van der Waals surface area contributed by atoms with E-state index in [2.05, 4.69) is 31.3 Å². The van der Waals surface area contributed by atoms with Gasteiger partial charge in [0.25, 0.3) is 0 Å². The van der Waals surface area contributed by atoms with Crippen molar-refractivity contribution in [3.63, 3.8) is 0 Å². The third-order valence-corrected chi connectivity index (χ3v) is 6.52. The summed E-state index contributed by atoms with van der Waals surface area (Å²) >= 11 is 1.81. The second-order valence-electron chi connectivity index (χ2n) is 7.08. The first kappa shape index (κ1) is 15.8. The fourth-order valence-corrected chi connectivity index (χ4v) is 5.04. The van der Waals surface area contributed by atoms with Crippen molar-refractivity contribution in [3.8, 4) is 0 Å². The highest BCUT2D eigenvalue weighted by Gasteiger charge is 2.32. The highest BCUT2D eigenvalue weighted by Crippen LogP contribution is 2.29. The third kappa shape index (κ3) is 2.67. The van der Waals surface area contributed by atoms with Crippen molar-refractivity contribution in [2.45, 2.75) is 25.8 Å². The van der Waals surface area contributed by atoms with E-state index in [9.17, 15) is 4.79 Å². The molecule has 7 heteroatoms. The molecule has 2 aliphatic rings. The number of thiophene rings is 1. The molecule has 1 atom stereocenters. The fourth-order valence-electron chi connectivity index (χ4n) is 4.15. The Labute approximate surface area is 156 Å². The standard InChI is InChI=1S/C19H21N5OS/c25-19(23-9-4-17-14(12-23)5-11-26-17)15-2-1-8-22(13-15)18-16-3-6-21-24(16)10-7-20-18/h3,5-7,10-11,15H,1-2,4,8-9,12-13H2. The summed E-state index contributed by atoms with van der Waals surface area (Å²) in [5.74, 6) is 1.28. The van der Waals surface area contributed by atoms with Crippen LogP contribution in [-0.2, 0) is 17.8 Å². The predicted octanol–water partition coefficient (Wildman–Crippen LogP) is 2.59. The maximum atomic E-state index is 13.1. The van der Waals surface area contributed by atoms with Gasteiger partial charge in [0, 0.05) is 43.4 Å². The van der Waals surface area contributed by atoms with Gasteiger partial charge in [-0.3, -0.25) is 4.79 Å². The molecular weight excluding hydrogens is 346 g/mol. The lowest BCUT2D eigenvalue weighted by molar-refractivity contribution is -0.136. The van der Waals surface area contributed by atoms with Crippen LogP contribution < -0.4 is 4.90 Å². The van der Waals surface area contributed by atoms with Crippen LogP contribution in [0.1, 0.15) is 23.3 Å². The van der Waals surface area contributed by atoms with Gasteiger partial charge in [-0.1, -0.05) is 0 Å². The van der Waals surface area contributed by atoms with E-state index in [0.29, 0.717) is 5.91 Å². The van der Waals surface area contributed by atoms with E-state index in [1.54, 1.807) is 12.4 Å². The van der Waals surface area contributed by atoms with E-state index in [4.69, 9.17) is 0 Å². The first-order chi connectivity index (χ1) is 12.8. The van der Waals surface area contributed by atoms with Crippen molar-refractivity contribution < 1.29 is 4.79 Å². The number of aromatic nitrogens is 3. The molecule has 1 amide bonds. The van der Waals surface area contributed by atoms with Gasteiger partial charge in [0.15, 0.2) is 5.82 Å². The minimum absolute atomic E-state index is 0.0499. The van der Waals surface area contributed by atoms with Crippen LogP contribution in [0.15, 0.2) is 36.1 Å². The fraction of sp³-hybridized carbons (Fsp3) is 0.421. The predicted molar refractivity (Wildman–Crippen MR) is 101 cm³/mol. The Morgan fingerprint density at radius 2 is 2.19 bits per heavy atom. The van der Waals surface area contributed by atoms with Crippen molar-refractivity contribution in [2.75, 3.05) is 24.5 Å². The topological polar surface area (TPSA) is 53.7 Å². The van der Waals surface area contributed by atoms with Gasteiger partial charge in [-0.25, -0.2) is 9.50 Å². The number of anilines is 1. The maximum absolute atomic E-state index is 13.1. The summed E-state index contributed by atoms with van der Waals surface area (Å²) in [5, 5.41) is 6.43. The van der Waals surface area contributed by atoms with Crippen molar-refractivity contribution >= 4 is 28.6 Å². The van der Waals surface area contributed by atoms with Crippen molar-refractivity contribution in [1.82, 2.24) is 19.5 Å². The minimum Gasteiger partial charge on any atom is -0.354 e. The first-order valence-corrected chi connectivity index (χ1v) is 10.0. The van der Waals surface area contributed by atoms with Gasteiger partial charge in [-0.15, -0.1) is 11.3 Å². The van der Waals surface area contributed by atoms with Crippen LogP contribution in [0.25, 0.3) is 5.52 Å². The smallest absolute Gasteiger partial charge is 0.227 e. The van der Waals surface area contributed by atoms with Crippen LogP contribution in [0.4, 0.5) is 5.82 Å². The number of rotatable bonds is 2. The summed E-state index contributed by atoms with van der Waals surface area (Å²) in [6, 6.07) is 4.15. The number of hydrogen-bond donors (Lipinski definition) is 0. The Morgan fingerprint density at radius 3 is 3.15 bits per heavy atom. The summed E-state index contributed by atoms with van der Waals surface area (Å²) < 4.78 is 1.84. The minimum atomic E-state index is 0.0499. The molecule has 0 radical (unpaired) electrons. The molecule has 0 bridgehead atoms. The Kier molecular flexibility index (Phi) is 3.89. The number of fused-ring (bicyclic) bond motifs is 2. The Morgan fingerprint density at radius 1 is 1.23 bits per heavy atom. The van der Waals surface area contributed by atoms with E-state index >= 15 is 0 Å². The zero-order valence-corrected chi connectivity index (χ0v) is 15.4. The number of amides is 1. The monoisotopic (exact) mass is 367 g/mol. The molecule has 1 fully saturated rings. The Balaban J connectivity index is 1.34. The van der Waals surface area contributed by atoms with Crippen LogP contribution in [0.2, 0.25) is 0 Å². The third-order valence-electron chi connectivity index (χ3n) is 5.49. The summed E-state index contributed by atoms with van der Waals surface area (Å²) in [6.07, 6.45) is 8.40. The zero-order valence-electron chi connectivity index (χ0n) is 14.5. The molecule has 2 aliphatic heterocycles. The number of carbonyl (C=O) groups is 1. The molecule has 26 heavy (non-hydrogen) atoms. The van der Waals surface area contributed by atoms with Gasteiger partial charge in [0.05, 0.1) is 12.1 Å². The molecule has 5 heterocycles. The van der Waals surface area contributed by atoms with Crippen LogP contribution >= 0.6 is 11.3 Å². The Bertz CT molecular complexity index is 948. The lowest BCUT2D eigenvalue weighted by Crippen LogP contribution is -2.46. The molecule has 3 aromatic rings. The number of nitrogens with zero attached hydrogens (tertiary/aromatic N) is 5. The quantitative estimate of drug-likeness (QED) is 0.699. The second-order valence-corrected chi connectivity index (χ2v) is 8.08. The first-order valence-electron chi connectivity index (χ1n) is 9.17. The number of piperidine rings is 1. The normalized spacial score (nSPS) is 20.4. The molecule has 1 saturated heterocycles. The van der Waals surface area contributed by atoms with Crippen molar-refractivity contribution in [2.24, 2.45) is 5.92 Å². The molecule has 1 unspecified atom stereocenters. The SMILES string of the molecule is O=C(C1CCCN(c2nccn3nccc23)C1)N1CCc2sccc2C1. The van der Waals surface area contributed by atoms with Gasteiger partial charge in [0.2, 0.25) is 5.91 Å². The van der Waals surface area contributed by atoms with Gasteiger partial charge < -0.3 is 9.80 Å². The van der Waals surface area contributed by atoms with Gasteiger partial charge in [0.1, 0.15) is 5.52 Å². The summed E-state index contributed by atoms with van der Waals surface area (Å²) in [6.45, 7) is 3.30. The van der Waals surface area contributed by atoms with Gasteiger partial charge in [-0.05, 0) is 42.3 Å². The molecule has 0 aromatic carbocycles. The summed E-state index contributed by atoms with van der Waals surface area (Å²) in [4.78, 5) is 23.5. The maximum Gasteiger partial charge on any atom is 0.227 e. The molecule has 0 saturated carbocycles. The molecule has 0 N–H and O–H groups in total. The molecule has 5 rings (SSSR count).